The highest BCUT2D eigenvalue weighted by molar-refractivity contribution is 5.88. The quantitative estimate of drug-likeness (QED) is 0.543. The maximum atomic E-state index is 11.2. The van der Waals surface area contributed by atoms with E-state index >= 15 is 0 Å². The second kappa shape index (κ2) is 6.45. The third-order valence-corrected chi connectivity index (χ3v) is 2.41. The van der Waals surface area contributed by atoms with Gasteiger partial charge in [-0.05, 0) is 0 Å². The molecule has 108 valence electrons. The molecule has 0 bridgehead atoms. The van der Waals surface area contributed by atoms with E-state index in [0.29, 0.717) is 6.61 Å². The highest BCUT2D eigenvalue weighted by Gasteiger charge is 2.46. The Kier molecular flexibility index (Phi) is 5.21. The number of rotatable bonds is 7. The van der Waals surface area contributed by atoms with Gasteiger partial charge in [0.05, 0.1) is 32.7 Å². The number of carbonyl (C=O) groups is 3. The van der Waals surface area contributed by atoms with Gasteiger partial charge in [-0.25, -0.2) is 4.79 Å². The highest BCUT2D eigenvalue weighted by atomic mass is 16.7. The normalized spacial score (nSPS) is 19.9. The Morgan fingerprint density at radius 1 is 1.11 bits per heavy atom. The van der Waals surface area contributed by atoms with Crippen molar-refractivity contribution in [2.75, 3.05) is 19.8 Å². The zero-order valence-electron chi connectivity index (χ0n) is 9.90. The third kappa shape index (κ3) is 4.47. The van der Waals surface area contributed by atoms with Crippen LogP contribution >= 0.6 is 0 Å². The number of ether oxygens (including phenoxy) is 3. The Morgan fingerprint density at radius 3 is 2.05 bits per heavy atom. The molecule has 0 aliphatic carbocycles. The SMILES string of the molecule is O=C(O)CC(CC(=O)O)(OC1COCCO1)C(=O)O. The van der Waals surface area contributed by atoms with Crippen LogP contribution in [0.15, 0.2) is 0 Å². The zero-order chi connectivity index (χ0) is 14.5. The van der Waals surface area contributed by atoms with Gasteiger partial charge in [0.1, 0.15) is 0 Å². The molecule has 1 aliphatic rings. The minimum Gasteiger partial charge on any atom is -0.481 e. The highest BCUT2D eigenvalue weighted by Crippen LogP contribution is 2.25. The first-order chi connectivity index (χ1) is 8.85. The maximum absolute atomic E-state index is 11.2. The van der Waals surface area contributed by atoms with Gasteiger partial charge in [0.2, 0.25) is 0 Å². The van der Waals surface area contributed by atoms with Gasteiger partial charge in [-0.3, -0.25) is 9.59 Å². The van der Waals surface area contributed by atoms with Gasteiger partial charge in [-0.1, -0.05) is 0 Å². The van der Waals surface area contributed by atoms with Crippen LogP contribution < -0.4 is 0 Å². The zero-order valence-corrected chi connectivity index (χ0v) is 9.90. The Labute approximate surface area is 107 Å². The molecule has 9 heteroatoms. The average molecular weight is 278 g/mol. The molecule has 0 aromatic heterocycles. The second-order valence-electron chi connectivity index (χ2n) is 3.93. The van der Waals surface area contributed by atoms with Crippen molar-refractivity contribution in [3.8, 4) is 0 Å². The minimum absolute atomic E-state index is 0.0890. The summed E-state index contributed by atoms with van der Waals surface area (Å²) in [7, 11) is 0. The summed E-state index contributed by atoms with van der Waals surface area (Å²) < 4.78 is 15.1. The lowest BCUT2D eigenvalue weighted by molar-refractivity contribution is -0.261. The molecular formula is C10H14O9. The van der Waals surface area contributed by atoms with Crippen molar-refractivity contribution >= 4 is 17.9 Å². The number of carboxylic acids is 3. The lowest BCUT2D eigenvalue weighted by Crippen LogP contribution is -2.50. The molecule has 3 N–H and O–H groups in total. The number of hydrogen-bond acceptors (Lipinski definition) is 6. The molecule has 0 radical (unpaired) electrons. The lowest BCUT2D eigenvalue weighted by atomic mass is 9.95. The van der Waals surface area contributed by atoms with Crippen molar-refractivity contribution < 1.29 is 43.9 Å². The van der Waals surface area contributed by atoms with Crippen molar-refractivity contribution in [2.45, 2.75) is 24.7 Å². The predicted octanol–water partition coefficient (Wildman–Crippen LogP) is -0.851. The van der Waals surface area contributed by atoms with E-state index in [4.69, 9.17) is 29.5 Å². The van der Waals surface area contributed by atoms with Crippen LogP contribution in [0.1, 0.15) is 12.8 Å². The predicted molar refractivity (Wildman–Crippen MR) is 56.5 cm³/mol. The van der Waals surface area contributed by atoms with E-state index in [1.807, 2.05) is 0 Å². The lowest BCUT2D eigenvalue weighted by Gasteiger charge is -2.32. The van der Waals surface area contributed by atoms with Crippen LogP contribution in [0.4, 0.5) is 0 Å². The summed E-state index contributed by atoms with van der Waals surface area (Å²) in [5.41, 5.74) is -2.39. The topological polar surface area (TPSA) is 140 Å². The fourth-order valence-electron chi connectivity index (χ4n) is 1.62. The van der Waals surface area contributed by atoms with Crippen LogP contribution in [0.25, 0.3) is 0 Å². The van der Waals surface area contributed by atoms with Crippen molar-refractivity contribution in [3.05, 3.63) is 0 Å². The standard InChI is InChI=1S/C10H14O9/c11-6(12)3-10(9(15)16,4-7(13)14)19-8-5-17-1-2-18-8/h8H,1-5H2,(H,11,12)(H,13,14)(H,15,16). The van der Waals surface area contributed by atoms with Crippen molar-refractivity contribution in [2.24, 2.45) is 0 Å². The fourth-order valence-corrected chi connectivity index (χ4v) is 1.62. The van der Waals surface area contributed by atoms with Gasteiger partial charge in [0.15, 0.2) is 11.9 Å². The molecule has 1 saturated heterocycles. The Morgan fingerprint density at radius 2 is 1.68 bits per heavy atom. The molecular weight excluding hydrogens is 264 g/mol. The smallest absolute Gasteiger partial charge is 0.337 e. The van der Waals surface area contributed by atoms with E-state index < -0.39 is 42.6 Å². The maximum Gasteiger partial charge on any atom is 0.337 e. The molecule has 9 nitrogen and oxygen atoms in total. The van der Waals surface area contributed by atoms with Gasteiger partial charge in [-0.15, -0.1) is 0 Å². The van der Waals surface area contributed by atoms with E-state index in [1.165, 1.54) is 0 Å². The minimum atomic E-state index is -2.39. The van der Waals surface area contributed by atoms with Gasteiger partial charge in [-0.2, -0.15) is 0 Å². The molecule has 0 amide bonds. The van der Waals surface area contributed by atoms with E-state index in [0.717, 1.165) is 0 Å². The summed E-state index contributed by atoms with van der Waals surface area (Å²) in [5, 5.41) is 26.6. The summed E-state index contributed by atoms with van der Waals surface area (Å²) in [4.78, 5) is 32.7. The van der Waals surface area contributed by atoms with Crippen LogP contribution in [0.2, 0.25) is 0 Å². The van der Waals surface area contributed by atoms with Crippen molar-refractivity contribution in [3.63, 3.8) is 0 Å². The molecule has 1 aliphatic heterocycles. The van der Waals surface area contributed by atoms with Crippen LogP contribution in [-0.4, -0.2) is 64.9 Å². The summed E-state index contributed by atoms with van der Waals surface area (Å²) in [6.45, 7) is 0.368. The molecule has 1 unspecified atom stereocenters. The fraction of sp³-hybridized carbons (Fsp3) is 0.700. The largest absolute Gasteiger partial charge is 0.481 e. The summed E-state index contributed by atoms with van der Waals surface area (Å²) in [6, 6.07) is 0. The van der Waals surface area contributed by atoms with Gasteiger partial charge < -0.3 is 29.5 Å². The monoisotopic (exact) mass is 278 g/mol. The van der Waals surface area contributed by atoms with E-state index in [-0.39, 0.29) is 13.2 Å². The Bertz CT molecular complexity index is 342. The number of hydrogen-bond donors (Lipinski definition) is 3. The summed E-state index contributed by atoms with van der Waals surface area (Å²) in [6.07, 6.45) is -3.09. The Hall–Kier alpha value is -1.71. The molecule has 0 aromatic rings. The first-order valence-electron chi connectivity index (χ1n) is 5.40. The van der Waals surface area contributed by atoms with Crippen LogP contribution in [-0.2, 0) is 28.6 Å². The van der Waals surface area contributed by atoms with Crippen molar-refractivity contribution in [1.82, 2.24) is 0 Å². The van der Waals surface area contributed by atoms with E-state index in [9.17, 15) is 14.4 Å². The Balaban J connectivity index is 2.89. The summed E-state index contributed by atoms with van der Waals surface area (Å²) in [5.74, 6) is -4.65. The molecule has 0 spiro atoms. The van der Waals surface area contributed by atoms with Gasteiger partial charge in [0, 0.05) is 0 Å². The number of aliphatic carboxylic acids is 3. The molecule has 0 aromatic carbocycles. The van der Waals surface area contributed by atoms with Crippen LogP contribution in [0.5, 0.6) is 0 Å². The first kappa shape index (κ1) is 15.3. The molecule has 1 fully saturated rings. The van der Waals surface area contributed by atoms with Crippen LogP contribution in [0, 0.1) is 0 Å². The average Bonchev–Trinajstić information content (AvgIpc) is 2.27. The molecule has 1 rings (SSSR count). The van der Waals surface area contributed by atoms with Gasteiger partial charge >= 0.3 is 17.9 Å². The van der Waals surface area contributed by atoms with Gasteiger partial charge in [0.25, 0.3) is 0 Å². The number of carboxylic acid groups (broad SMARTS) is 3. The molecule has 1 heterocycles. The second-order valence-corrected chi connectivity index (χ2v) is 3.93. The van der Waals surface area contributed by atoms with E-state index in [1.54, 1.807) is 0 Å². The first-order valence-corrected chi connectivity index (χ1v) is 5.40. The molecule has 1 atom stereocenters. The van der Waals surface area contributed by atoms with Crippen LogP contribution in [0.3, 0.4) is 0 Å². The molecule has 0 saturated carbocycles. The van der Waals surface area contributed by atoms with E-state index in [2.05, 4.69) is 0 Å². The van der Waals surface area contributed by atoms with Crippen molar-refractivity contribution in [1.29, 1.82) is 0 Å². The molecule has 19 heavy (non-hydrogen) atoms. The summed E-state index contributed by atoms with van der Waals surface area (Å²) >= 11 is 0. The third-order valence-electron chi connectivity index (χ3n) is 2.41.